The molecule has 0 heterocycles. The van der Waals surface area contributed by atoms with E-state index in [9.17, 15) is 14.7 Å². The van der Waals surface area contributed by atoms with Crippen molar-refractivity contribution >= 4 is 11.9 Å². The highest BCUT2D eigenvalue weighted by atomic mass is 16.4. The molecule has 1 saturated carbocycles. The Morgan fingerprint density at radius 1 is 1.43 bits per heavy atom. The summed E-state index contributed by atoms with van der Waals surface area (Å²) in [5.41, 5.74) is 1.43. The molecular weight excluding hydrogens is 266 g/mol. The average Bonchev–Trinajstić information content (AvgIpc) is 3.09. The second-order valence-corrected chi connectivity index (χ2v) is 6.55. The fourth-order valence-corrected chi connectivity index (χ4v) is 3.59. The van der Waals surface area contributed by atoms with Gasteiger partial charge in [0.05, 0.1) is 0 Å². The van der Waals surface area contributed by atoms with Gasteiger partial charge in [0.15, 0.2) is 0 Å². The largest absolute Gasteiger partial charge is 0.480 e. The van der Waals surface area contributed by atoms with Crippen LogP contribution in [0.2, 0.25) is 0 Å². The van der Waals surface area contributed by atoms with Crippen LogP contribution in [0.15, 0.2) is 24.3 Å². The predicted octanol–water partition coefficient (Wildman–Crippen LogP) is 2.26. The van der Waals surface area contributed by atoms with Crippen LogP contribution in [0.25, 0.3) is 0 Å². The first-order chi connectivity index (χ1) is 9.93. The maximum Gasteiger partial charge on any atom is 0.329 e. The Balaban J connectivity index is 1.77. The van der Waals surface area contributed by atoms with E-state index in [1.54, 1.807) is 13.8 Å². The third-order valence-electron chi connectivity index (χ3n) is 5.36. The van der Waals surface area contributed by atoms with E-state index in [0.29, 0.717) is 6.42 Å². The molecule has 2 aliphatic carbocycles. The standard InChI is InChI=1S/C17H21NO3/c1-3-16(2,15(20)21)18-14(19)13-10-17(13)9-8-11-6-4-5-7-12(11)17/h4-7,13H,3,8-10H2,1-2H3,(H,18,19)(H,20,21). The van der Waals surface area contributed by atoms with Crippen molar-refractivity contribution < 1.29 is 14.7 Å². The summed E-state index contributed by atoms with van der Waals surface area (Å²) >= 11 is 0. The SMILES string of the molecule is CCC(C)(NC(=O)C1CC12CCc1ccccc12)C(=O)O. The number of carbonyl (C=O) groups excluding carboxylic acids is 1. The van der Waals surface area contributed by atoms with Crippen molar-refractivity contribution in [1.29, 1.82) is 0 Å². The summed E-state index contributed by atoms with van der Waals surface area (Å²) in [4.78, 5) is 23.8. The molecule has 0 bridgehead atoms. The van der Waals surface area contributed by atoms with Gasteiger partial charge in [-0.3, -0.25) is 4.79 Å². The Hall–Kier alpha value is -1.84. The van der Waals surface area contributed by atoms with E-state index >= 15 is 0 Å². The summed E-state index contributed by atoms with van der Waals surface area (Å²) < 4.78 is 0. The maximum absolute atomic E-state index is 12.5. The Labute approximate surface area is 124 Å². The number of rotatable bonds is 4. The topological polar surface area (TPSA) is 66.4 Å². The number of carbonyl (C=O) groups is 2. The number of aliphatic carboxylic acids is 1. The second-order valence-electron chi connectivity index (χ2n) is 6.55. The molecule has 0 aliphatic heterocycles. The molecule has 2 N–H and O–H groups in total. The molecule has 4 nitrogen and oxygen atoms in total. The van der Waals surface area contributed by atoms with Crippen molar-refractivity contribution in [2.24, 2.45) is 5.92 Å². The van der Waals surface area contributed by atoms with E-state index in [1.807, 2.05) is 12.1 Å². The van der Waals surface area contributed by atoms with Crippen molar-refractivity contribution in [2.45, 2.75) is 50.5 Å². The number of aryl methyl sites for hydroxylation is 1. The molecular formula is C17H21NO3. The minimum atomic E-state index is -1.17. The summed E-state index contributed by atoms with van der Waals surface area (Å²) in [6, 6.07) is 8.30. The van der Waals surface area contributed by atoms with Gasteiger partial charge in [-0.1, -0.05) is 31.2 Å². The van der Waals surface area contributed by atoms with E-state index in [2.05, 4.69) is 17.4 Å². The molecule has 3 rings (SSSR count). The lowest BCUT2D eigenvalue weighted by Gasteiger charge is -2.25. The van der Waals surface area contributed by atoms with Gasteiger partial charge in [0, 0.05) is 11.3 Å². The number of carboxylic acid groups (broad SMARTS) is 1. The van der Waals surface area contributed by atoms with Crippen LogP contribution >= 0.6 is 0 Å². The van der Waals surface area contributed by atoms with Crippen LogP contribution in [-0.2, 0) is 21.4 Å². The molecule has 1 fully saturated rings. The summed E-state index contributed by atoms with van der Waals surface area (Å²) in [5, 5.41) is 12.0. The van der Waals surface area contributed by atoms with Crippen molar-refractivity contribution in [3.8, 4) is 0 Å². The first-order valence-corrected chi connectivity index (χ1v) is 7.57. The minimum absolute atomic E-state index is 0.0339. The number of benzene rings is 1. The van der Waals surface area contributed by atoms with Crippen LogP contribution in [0.1, 0.15) is 44.2 Å². The van der Waals surface area contributed by atoms with Gasteiger partial charge in [-0.15, -0.1) is 0 Å². The van der Waals surface area contributed by atoms with Gasteiger partial charge in [0.25, 0.3) is 0 Å². The lowest BCUT2D eigenvalue weighted by molar-refractivity contribution is -0.147. The maximum atomic E-state index is 12.5. The Morgan fingerprint density at radius 3 is 2.81 bits per heavy atom. The van der Waals surface area contributed by atoms with Gasteiger partial charge < -0.3 is 10.4 Å². The van der Waals surface area contributed by atoms with Crippen LogP contribution in [0.4, 0.5) is 0 Å². The highest BCUT2D eigenvalue weighted by Crippen LogP contribution is 2.61. The third kappa shape index (κ3) is 2.04. The Bertz CT molecular complexity index is 612. The van der Waals surface area contributed by atoms with Crippen molar-refractivity contribution in [3.63, 3.8) is 0 Å². The van der Waals surface area contributed by atoms with Crippen LogP contribution in [-0.4, -0.2) is 22.5 Å². The number of hydrogen-bond acceptors (Lipinski definition) is 2. The van der Waals surface area contributed by atoms with Crippen molar-refractivity contribution in [3.05, 3.63) is 35.4 Å². The fraction of sp³-hybridized carbons (Fsp3) is 0.529. The molecule has 2 aliphatic rings. The third-order valence-corrected chi connectivity index (χ3v) is 5.36. The normalized spacial score (nSPS) is 28.8. The van der Waals surface area contributed by atoms with Gasteiger partial charge in [-0.05, 0) is 43.7 Å². The molecule has 4 heteroatoms. The molecule has 1 amide bonds. The molecule has 21 heavy (non-hydrogen) atoms. The van der Waals surface area contributed by atoms with Gasteiger partial charge in [-0.2, -0.15) is 0 Å². The predicted molar refractivity (Wildman–Crippen MR) is 79.0 cm³/mol. The van der Waals surface area contributed by atoms with Crippen molar-refractivity contribution in [2.75, 3.05) is 0 Å². The smallest absolute Gasteiger partial charge is 0.329 e. The van der Waals surface area contributed by atoms with Crippen LogP contribution in [0.5, 0.6) is 0 Å². The van der Waals surface area contributed by atoms with Gasteiger partial charge >= 0.3 is 5.97 Å². The lowest BCUT2D eigenvalue weighted by atomic mass is 9.94. The van der Waals surface area contributed by atoms with E-state index < -0.39 is 11.5 Å². The molecule has 0 aromatic heterocycles. The second kappa shape index (κ2) is 4.58. The Morgan fingerprint density at radius 2 is 2.14 bits per heavy atom. The zero-order valence-electron chi connectivity index (χ0n) is 12.5. The first kappa shape index (κ1) is 14.1. The number of carboxylic acids is 1. The van der Waals surface area contributed by atoms with E-state index in [0.717, 1.165) is 19.3 Å². The molecule has 1 aromatic rings. The number of nitrogens with one attached hydrogen (secondary N) is 1. The highest BCUT2D eigenvalue weighted by Gasteiger charge is 2.61. The molecule has 3 atom stereocenters. The van der Waals surface area contributed by atoms with E-state index in [4.69, 9.17) is 0 Å². The van der Waals surface area contributed by atoms with E-state index in [-0.39, 0.29) is 17.2 Å². The summed E-state index contributed by atoms with van der Waals surface area (Å²) in [7, 11) is 0. The molecule has 112 valence electrons. The minimum Gasteiger partial charge on any atom is -0.480 e. The van der Waals surface area contributed by atoms with Crippen molar-refractivity contribution in [1.82, 2.24) is 5.32 Å². The van der Waals surface area contributed by atoms with Crippen LogP contribution in [0.3, 0.4) is 0 Å². The first-order valence-electron chi connectivity index (χ1n) is 7.57. The zero-order valence-corrected chi connectivity index (χ0v) is 12.5. The van der Waals surface area contributed by atoms with Gasteiger partial charge in [-0.25, -0.2) is 4.79 Å². The molecule has 1 aromatic carbocycles. The van der Waals surface area contributed by atoms with Crippen LogP contribution in [0, 0.1) is 5.92 Å². The monoisotopic (exact) mass is 287 g/mol. The summed E-state index contributed by atoms with van der Waals surface area (Å²) in [6.45, 7) is 3.35. The quantitative estimate of drug-likeness (QED) is 0.892. The summed E-state index contributed by atoms with van der Waals surface area (Å²) in [6.07, 6.45) is 3.24. The number of fused-ring (bicyclic) bond motifs is 2. The van der Waals surface area contributed by atoms with Crippen LogP contribution < -0.4 is 5.32 Å². The van der Waals surface area contributed by atoms with Gasteiger partial charge in [0.2, 0.25) is 5.91 Å². The van der Waals surface area contributed by atoms with Gasteiger partial charge in [0.1, 0.15) is 5.54 Å². The Kier molecular flexibility index (Phi) is 3.08. The molecule has 3 unspecified atom stereocenters. The van der Waals surface area contributed by atoms with E-state index in [1.165, 1.54) is 11.1 Å². The molecule has 0 saturated heterocycles. The molecule has 1 spiro atoms. The lowest BCUT2D eigenvalue weighted by Crippen LogP contribution is -2.52. The summed E-state index contributed by atoms with van der Waals surface area (Å²) in [5.74, 6) is -1.16. The average molecular weight is 287 g/mol. The number of amides is 1. The fourth-order valence-electron chi connectivity index (χ4n) is 3.59. The highest BCUT2D eigenvalue weighted by molar-refractivity contribution is 5.90. The molecule has 0 radical (unpaired) electrons. The zero-order chi connectivity index (χ0) is 15.3. The number of hydrogen-bond donors (Lipinski definition) is 2.